The minimum absolute atomic E-state index is 0.00399. The van der Waals surface area contributed by atoms with Crippen molar-refractivity contribution >= 4 is 44.2 Å². The van der Waals surface area contributed by atoms with Gasteiger partial charge in [-0.05, 0) is 24.3 Å². The summed E-state index contributed by atoms with van der Waals surface area (Å²) in [7, 11) is 1.67. The van der Waals surface area contributed by atoms with E-state index in [2.05, 4.69) is 31.7 Å². The van der Waals surface area contributed by atoms with Crippen LogP contribution in [0.25, 0.3) is 11.0 Å². The fourth-order valence-corrected chi connectivity index (χ4v) is 2.81. The molecule has 0 radical (unpaired) electrons. The van der Waals surface area contributed by atoms with Crippen molar-refractivity contribution in [2.45, 2.75) is 0 Å². The van der Waals surface area contributed by atoms with E-state index < -0.39 is 17.5 Å². The fraction of sp³-hybridized carbons (Fsp3) is 0.176. The normalized spacial score (nSPS) is 11.0. The molecule has 0 aliphatic carbocycles. The number of aromatic nitrogens is 2. The Kier molecular flexibility index (Phi) is 5.68. The van der Waals surface area contributed by atoms with E-state index in [1.165, 1.54) is 24.5 Å². The topological polar surface area (TPSA) is 94.2 Å². The second kappa shape index (κ2) is 7.99. The quantitative estimate of drug-likeness (QED) is 0.405. The van der Waals surface area contributed by atoms with Gasteiger partial charge in [0.25, 0.3) is 5.91 Å². The number of carbonyl (C=O) groups excluding carboxylic acids is 1. The summed E-state index contributed by atoms with van der Waals surface area (Å²) in [6, 6.07) is 5.69. The second-order valence-corrected chi connectivity index (χ2v) is 6.57. The Morgan fingerprint density at radius 2 is 2.15 bits per heavy atom. The third-order valence-electron chi connectivity index (χ3n) is 3.78. The molecule has 0 saturated carbocycles. The molecule has 0 aliphatic rings. The largest absolute Gasteiger partial charge is 0.350 e. The van der Waals surface area contributed by atoms with Crippen LogP contribution in [0.3, 0.4) is 0 Å². The number of halogens is 3. The molecule has 1 aromatic heterocycles. The van der Waals surface area contributed by atoms with Gasteiger partial charge in [-0.1, -0.05) is 15.9 Å². The first-order valence-electron chi connectivity index (χ1n) is 7.90. The minimum Gasteiger partial charge on any atom is -0.350 e. The molecule has 0 aliphatic heterocycles. The van der Waals surface area contributed by atoms with Crippen molar-refractivity contribution in [1.82, 2.24) is 15.0 Å². The van der Waals surface area contributed by atoms with Gasteiger partial charge in [-0.2, -0.15) is 0 Å². The highest BCUT2D eigenvalue weighted by Crippen LogP contribution is 2.32. The molecule has 2 aromatic carbocycles. The van der Waals surface area contributed by atoms with Crippen LogP contribution in [0.1, 0.15) is 10.4 Å². The Bertz CT molecular complexity index is 1010. The van der Waals surface area contributed by atoms with E-state index in [0.29, 0.717) is 9.99 Å². The van der Waals surface area contributed by atoms with Gasteiger partial charge >= 0.3 is 0 Å². The maximum absolute atomic E-state index is 15.1. The molecular formula is C17H16BrF2N5O2. The predicted molar refractivity (Wildman–Crippen MR) is 101 cm³/mol. The van der Waals surface area contributed by atoms with Crippen molar-refractivity contribution in [3.8, 4) is 0 Å². The van der Waals surface area contributed by atoms with Crippen LogP contribution < -0.4 is 16.5 Å². The number of nitrogens with one attached hydrogen (secondary N) is 2. The molecule has 1 heterocycles. The summed E-state index contributed by atoms with van der Waals surface area (Å²) in [5.41, 5.74) is 7.69. The summed E-state index contributed by atoms with van der Waals surface area (Å²) in [4.78, 5) is 21.4. The van der Waals surface area contributed by atoms with Crippen LogP contribution in [0.2, 0.25) is 0 Å². The zero-order chi connectivity index (χ0) is 19.6. The summed E-state index contributed by atoms with van der Waals surface area (Å²) in [5.74, 6) is -2.10. The van der Waals surface area contributed by atoms with E-state index in [1.54, 1.807) is 17.7 Å². The van der Waals surface area contributed by atoms with Gasteiger partial charge in [0.15, 0.2) is 5.82 Å². The number of hydroxylamine groups is 1. The van der Waals surface area contributed by atoms with E-state index in [4.69, 9.17) is 10.6 Å². The number of hydrogen-bond donors (Lipinski definition) is 3. The van der Waals surface area contributed by atoms with E-state index in [-0.39, 0.29) is 35.6 Å². The number of carbonyl (C=O) groups is 1. The number of amides is 1. The van der Waals surface area contributed by atoms with Crippen LogP contribution >= 0.6 is 15.9 Å². The van der Waals surface area contributed by atoms with Gasteiger partial charge in [0.1, 0.15) is 11.3 Å². The summed E-state index contributed by atoms with van der Waals surface area (Å²) in [6.07, 6.45) is 1.42. The lowest BCUT2D eigenvalue weighted by molar-refractivity contribution is 0.0344. The molecule has 4 N–H and O–H groups in total. The van der Waals surface area contributed by atoms with E-state index in [0.717, 1.165) is 0 Å². The number of fused-ring (bicyclic) bond motifs is 1. The SMILES string of the molecule is Cn1cnc2c(F)c(Nc3ccc(Br)cc3F)c(C(=O)NOCCN)cc21. The number of aryl methyl sites for hydroxylation is 1. The third kappa shape index (κ3) is 3.92. The Hall–Kier alpha value is -2.56. The van der Waals surface area contributed by atoms with Crippen LogP contribution in [-0.4, -0.2) is 28.6 Å². The number of hydrogen-bond acceptors (Lipinski definition) is 5. The molecule has 27 heavy (non-hydrogen) atoms. The van der Waals surface area contributed by atoms with Crippen LogP contribution in [0.15, 0.2) is 35.1 Å². The molecule has 0 fully saturated rings. The average molecular weight is 440 g/mol. The maximum Gasteiger partial charge on any atom is 0.277 e. The van der Waals surface area contributed by atoms with Crippen molar-refractivity contribution in [2.75, 3.05) is 18.5 Å². The Balaban J connectivity index is 2.09. The fourth-order valence-electron chi connectivity index (χ4n) is 2.48. The lowest BCUT2D eigenvalue weighted by atomic mass is 10.1. The van der Waals surface area contributed by atoms with E-state index in [9.17, 15) is 9.18 Å². The van der Waals surface area contributed by atoms with Crippen LogP contribution in [0.5, 0.6) is 0 Å². The van der Waals surface area contributed by atoms with Crippen LogP contribution in [0, 0.1) is 11.6 Å². The summed E-state index contributed by atoms with van der Waals surface area (Å²) in [5, 5.41) is 2.65. The van der Waals surface area contributed by atoms with Crippen molar-refractivity contribution < 1.29 is 18.4 Å². The van der Waals surface area contributed by atoms with Crippen LogP contribution in [-0.2, 0) is 11.9 Å². The predicted octanol–water partition coefficient (Wildman–Crippen LogP) is 2.98. The molecule has 10 heteroatoms. The molecule has 0 unspecified atom stereocenters. The van der Waals surface area contributed by atoms with Gasteiger partial charge in [0, 0.05) is 18.1 Å². The molecule has 0 atom stereocenters. The van der Waals surface area contributed by atoms with Gasteiger partial charge in [-0.25, -0.2) is 19.2 Å². The van der Waals surface area contributed by atoms with Gasteiger partial charge in [0.2, 0.25) is 0 Å². The molecule has 3 aromatic rings. The summed E-state index contributed by atoms with van der Waals surface area (Å²) < 4.78 is 31.4. The molecule has 0 saturated heterocycles. The van der Waals surface area contributed by atoms with Crippen LogP contribution in [0.4, 0.5) is 20.2 Å². The molecule has 0 spiro atoms. The van der Waals surface area contributed by atoms with E-state index >= 15 is 4.39 Å². The first-order chi connectivity index (χ1) is 12.9. The highest BCUT2D eigenvalue weighted by atomic mass is 79.9. The standard InChI is InChI=1S/C17H16BrF2N5O2/c1-25-8-22-16-13(25)7-10(17(26)24-27-5-4-21)15(14(16)20)23-12-3-2-9(18)6-11(12)19/h2-3,6-8,23H,4-5,21H2,1H3,(H,24,26). The third-order valence-corrected chi connectivity index (χ3v) is 4.27. The Morgan fingerprint density at radius 1 is 1.37 bits per heavy atom. The summed E-state index contributed by atoms with van der Waals surface area (Å²) in [6.45, 7) is 0.289. The molecule has 7 nitrogen and oxygen atoms in total. The lowest BCUT2D eigenvalue weighted by Gasteiger charge is -2.15. The van der Waals surface area contributed by atoms with Crippen molar-refractivity contribution in [1.29, 1.82) is 0 Å². The average Bonchev–Trinajstić information content (AvgIpc) is 3.00. The first kappa shape index (κ1) is 19.2. The van der Waals surface area contributed by atoms with E-state index in [1.807, 2.05) is 0 Å². The van der Waals surface area contributed by atoms with Gasteiger partial charge in [-0.3, -0.25) is 9.63 Å². The highest BCUT2D eigenvalue weighted by molar-refractivity contribution is 9.10. The molecule has 1 amide bonds. The van der Waals surface area contributed by atoms with Gasteiger partial charge in [-0.15, -0.1) is 0 Å². The molecular weight excluding hydrogens is 424 g/mol. The molecule has 3 rings (SSSR count). The second-order valence-electron chi connectivity index (χ2n) is 5.65. The van der Waals surface area contributed by atoms with Crippen molar-refractivity contribution in [3.05, 3.63) is 52.3 Å². The summed E-state index contributed by atoms with van der Waals surface area (Å²) >= 11 is 3.16. The monoisotopic (exact) mass is 439 g/mol. The van der Waals surface area contributed by atoms with Crippen molar-refractivity contribution in [2.24, 2.45) is 12.8 Å². The number of anilines is 2. The van der Waals surface area contributed by atoms with Gasteiger partial charge < -0.3 is 15.6 Å². The highest BCUT2D eigenvalue weighted by Gasteiger charge is 2.22. The first-order valence-corrected chi connectivity index (χ1v) is 8.69. The number of benzene rings is 2. The number of nitrogens with zero attached hydrogens (tertiary/aromatic N) is 2. The lowest BCUT2D eigenvalue weighted by Crippen LogP contribution is -2.27. The van der Waals surface area contributed by atoms with Gasteiger partial charge in [0.05, 0.1) is 35.4 Å². The van der Waals surface area contributed by atoms with Crippen molar-refractivity contribution in [3.63, 3.8) is 0 Å². The zero-order valence-corrected chi connectivity index (χ0v) is 15.8. The molecule has 0 bridgehead atoms. The minimum atomic E-state index is -0.778. The number of imidazole rings is 1. The smallest absolute Gasteiger partial charge is 0.277 e. The number of rotatable bonds is 6. The Morgan fingerprint density at radius 3 is 2.85 bits per heavy atom. The maximum atomic E-state index is 15.1. The zero-order valence-electron chi connectivity index (χ0n) is 14.2. The number of nitrogens with two attached hydrogens (primary N) is 1. The molecule has 142 valence electrons. The Labute approximate surface area is 161 Å².